The van der Waals surface area contributed by atoms with E-state index in [1.54, 1.807) is 49.1 Å². The third kappa shape index (κ3) is 11.7. The molecule has 0 aliphatic carbocycles. The fraction of sp³-hybridized carbons (Fsp3) is 0.743. The Morgan fingerprint density at radius 2 is 1.94 bits per heavy atom. The summed E-state index contributed by atoms with van der Waals surface area (Å²) in [6.45, 7) is 14.4. The lowest BCUT2D eigenvalue weighted by Gasteiger charge is -2.37. The maximum absolute atomic E-state index is 13.2. The van der Waals surface area contributed by atoms with Crippen LogP contribution in [0.25, 0.3) is 0 Å². The molecule has 3 aliphatic heterocycles. The fourth-order valence-corrected chi connectivity index (χ4v) is 6.26. The number of ether oxygens (including phenoxy) is 4. The highest BCUT2D eigenvalue weighted by Crippen LogP contribution is 2.37. The van der Waals surface area contributed by atoms with Crippen LogP contribution in [0.5, 0.6) is 0 Å². The summed E-state index contributed by atoms with van der Waals surface area (Å²) < 4.78 is 23.3. The van der Waals surface area contributed by atoms with Crippen LogP contribution in [0.2, 0.25) is 0 Å². The summed E-state index contributed by atoms with van der Waals surface area (Å²) in [6, 6.07) is 0. The first kappa shape index (κ1) is 38.7. The highest BCUT2D eigenvalue weighted by Gasteiger charge is 2.47. The number of hydrogen-bond acceptors (Lipinski definition) is 11. The summed E-state index contributed by atoms with van der Waals surface area (Å²) in [5.74, 6) is -1.57. The quantitative estimate of drug-likeness (QED) is 0.0891. The molecule has 0 spiro atoms. The molecule has 3 aliphatic rings. The number of carbonyl (C=O) groups excluding carboxylic acids is 3. The van der Waals surface area contributed by atoms with Crippen molar-refractivity contribution < 1.29 is 48.7 Å². The molecule has 0 aromatic carbocycles. The second kappa shape index (κ2) is 17.1. The van der Waals surface area contributed by atoms with Gasteiger partial charge in [0, 0.05) is 51.4 Å². The molecule has 12 nitrogen and oxygen atoms in total. The predicted octanol–water partition coefficient (Wildman–Crippen LogP) is 3.19. The smallest absolute Gasteiger partial charge is 0.410 e. The van der Waals surface area contributed by atoms with Gasteiger partial charge in [0.2, 0.25) is 0 Å². The number of carbonyl (C=O) groups is 3. The van der Waals surface area contributed by atoms with Crippen molar-refractivity contribution in [1.82, 2.24) is 10.2 Å². The monoisotopic (exact) mass is 664 g/mol. The normalized spacial score (nSPS) is 34.2. The van der Waals surface area contributed by atoms with Gasteiger partial charge in [-0.1, -0.05) is 45.1 Å². The van der Waals surface area contributed by atoms with Gasteiger partial charge in [0.1, 0.15) is 11.7 Å². The van der Waals surface area contributed by atoms with Crippen molar-refractivity contribution >= 4 is 18.0 Å². The molecule has 4 N–H and O–H groups in total. The SMILES string of the molecule is CC[C@@H](O)[C@@H](C)[C@H]1O[C@@H]1C[C@](C)(O)/C=C/C=C(\C)[C@H]1OC(=O)C[C@@H](O)CC[C@](C)(OC(C)=O)[C@@H](OC(=O)N2CCNCC2)/C=C\[C@@H]1C. The van der Waals surface area contributed by atoms with Gasteiger partial charge in [-0.3, -0.25) is 9.59 Å². The van der Waals surface area contributed by atoms with Gasteiger partial charge in [0.25, 0.3) is 0 Å². The van der Waals surface area contributed by atoms with Gasteiger partial charge < -0.3 is 44.5 Å². The first-order valence-corrected chi connectivity index (χ1v) is 16.9. The summed E-state index contributed by atoms with van der Waals surface area (Å²) >= 11 is 0. The van der Waals surface area contributed by atoms with Crippen LogP contribution in [-0.2, 0) is 28.5 Å². The molecule has 3 rings (SSSR count). The van der Waals surface area contributed by atoms with E-state index in [2.05, 4.69) is 5.32 Å². The van der Waals surface area contributed by atoms with Crippen molar-refractivity contribution in [3.8, 4) is 0 Å². The Bertz CT molecular complexity index is 1160. The van der Waals surface area contributed by atoms with Gasteiger partial charge in [0.05, 0.1) is 36.4 Å². The number of epoxide rings is 1. The number of amides is 1. The lowest BCUT2D eigenvalue weighted by Crippen LogP contribution is -2.51. The standard InChI is InChI=1S/C35H56N2O10/c1-8-27(40)24(4)32-28(44-32)21-34(6,43)14-9-10-22(2)31-23(3)11-12-29(45-33(42)37-18-16-36-17-19-37)35(7,47-25(5)38)15-13-26(39)20-30(41)46-31/h9-12,14,23-24,26-29,31-32,36,39-40,43H,8,13,15-21H2,1-7H3/b12-11-,14-9+,22-10+/t23-,24+,26-,27+,28+,29-,31+,32+,34+,35-/m0/s1. The van der Waals surface area contributed by atoms with Crippen LogP contribution in [0.4, 0.5) is 4.79 Å². The minimum atomic E-state index is -1.30. The van der Waals surface area contributed by atoms with Gasteiger partial charge in [-0.25, -0.2) is 4.79 Å². The second-order valence-electron chi connectivity index (χ2n) is 13.8. The zero-order chi connectivity index (χ0) is 34.9. The van der Waals surface area contributed by atoms with E-state index in [1.807, 2.05) is 27.7 Å². The Morgan fingerprint density at radius 3 is 2.57 bits per heavy atom. The molecule has 0 radical (unpaired) electrons. The molecule has 0 aromatic heterocycles. The van der Waals surface area contributed by atoms with Gasteiger partial charge in [-0.05, 0) is 51.7 Å². The van der Waals surface area contributed by atoms with Crippen LogP contribution in [-0.4, -0.2) is 112 Å². The Labute approximate surface area is 279 Å². The molecule has 10 atom stereocenters. The summed E-state index contributed by atoms with van der Waals surface area (Å²) in [7, 11) is 0. The van der Waals surface area contributed by atoms with E-state index in [-0.39, 0.29) is 37.4 Å². The van der Waals surface area contributed by atoms with Gasteiger partial charge in [-0.2, -0.15) is 0 Å². The zero-order valence-corrected chi connectivity index (χ0v) is 29.0. The Kier molecular flexibility index (Phi) is 14.0. The summed E-state index contributed by atoms with van der Waals surface area (Å²) in [4.78, 5) is 39.9. The van der Waals surface area contributed by atoms with Crippen molar-refractivity contribution in [3.63, 3.8) is 0 Å². The van der Waals surface area contributed by atoms with Crippen molar-refractivity contribution in [1.29, 1.82) is 0 Å². The lowest BCUT2D eigenvalue weighted by molar-refractivity contribution is -0.168. The molecule has 1 amide bonds. The average Bonchev–Trinajstić information content (AvgIpc) is 3.77. The number of cyclic esters (lactones) is 1. The highest BCUT2D eigenvalue weighted by atomic mass is 16.6. The number of rotatable bonds is 10. The first-order valence-electron chi connectivity index (χ1n) is 16.9. The predicted molar refractivity (Wildman–Crippen MR) is 175 cm³/mol. The fourth-order valence-electron chi connectivity index (χ4n) is 6.26. The number of piperazine rings is 1. The topological polar surface area (TPSA) is 167 Å². The number of allylic oxidation sites excluding steroid dienone is 2. The molecular formula is C35H56N2O10. The molecule has 0 aromatic rings. The second-order valence-corrected chi connectivity index (χ2v) is 13.8. The zero-order valence-electron chi connectivity index (χ0n) is 29.0. The molecule has 12 heteroatoms. The van der Waals surface area contributed by atoms with E-state index in [0.29, 0.717) is 44.6 Å². The molecule has 0 saturated carbocycles. The average molecular weight is 665 g/mol. The summed E-state index contributed by atoms with van der Waals surface area (Å²) in [5, 5.41) is 35.1. The van der Waals surface area contributed by atoms with E-state index >= 15 is 0 Å². The Balaban J connectivity index is 1.82. The number of esters is 2. The van der Waals surface area contributed by atoms with Crippen LogP contribution in [0.3, 0.4) is 0 Å². The molecule has 3 heterocycles. The molecule has 2 saturated heterocycles. The molecule has 2 fully saturated rings. The van der Waals surface area contributed by atoms with Crippen LogP contribution in [0.15, 0.2) is 36.0 Å². The molecule has 266 valence electrons. The van der Waals surface area contributed by atoms with Gasteiger partial charge >= 0.3 is 18.0 Å². The van der Waals surface area contributed by atoms with Crippen LogP contribution < -0.4 is 5.32 Å². The van der Waals surface area contributed by atoms with E-state index in [1.165, 1.54) is 6.92 Å². The van der Waals surface area contributed by atoms with Crippen LogP contribution in [0, 0.1) is 11.8 Å². The number of aliphatic hydroxyl groups is 3. The van der Waals surface area contributed by atoms with Crippen molar-refractivity contribution in [2.45, 2.75) is 128 Å². The van der Waals surface area contributed by atoms with E-state index < -0.39 is 59.6 Å². The Hall–Kier alpha value is -2.77. The van der Waals surface area contributed by atoms with Crippen LogP contribution in [0.1, 0.15) is 80.6 Å². The van der Waals surface area contributed by atoms with Gasteiger partial charge in [0.15, 0.2) is 6.10 Å². The number of aliphatic hydroxyl groups excluding tert-OH is 2. The number of nitrogens with one attached hydrogen (secondary N) is 1. The largest absolute Gasteiger partial charge is 0.457 e. The molecular weight excluding hydrogens is 608 g/mol. The number of nitrogens with zero attached hydrogens (tertiary/aromatic N) is 1. The van der Waals surface area contributed by atoms with E-state index in [9.17, 15) is 29.7 Å². The minimum Gasteiger partial charge on any atom is -0.457 e. The third-order valence-corrected chi connectivity index (χ3v) is 9.33. The van der Waals surface area contributed by atoms with E-state index in [4.69, 9.17) is 18.9 Å². The summed E-state index contributed by atoms with van der Waals surface area (Å²) in [6.07, 6.45) is 5.54. The number of hydrogen-bond donors (Lipinski definition) is 4. The first-order chi connectivity index (χ1) is 22.0. The highest BCUT2D eigenvalue weighted by molar-refractivity contribution is 5.71. The Morgan fingerprint density at radius 1 is 1.26 bits per heavy atom. The van der Waals surface area contributed by atoms with Crippen LogP contribution >= 0.6 is 0 Å². The third-order valence-electron chi connectivity index (χ3n) is 9.33. The molecule has 0 unspecified atom stereocenters. The van der Waals surface area contributed by atoms with Crippen molar-refractivity contribution in [3.05, 3.63) is 36.0 Å². The molecule has 0 bridgehead atoms. The maximum Gasteiger partial charge on any atom is 0.410 e. The van der Waals surface area contributed by atoms with Gasteiger partial charge in [-0.15, -0.1) is 0 Å². The van der Waals surface area contributed by atoms with Crippen molar-refractivity contribution in [2.24, 2.45) is 11.8 Å². The maximum atomic E-state index is 13.2. The lowest BCUT2D eigenvalue weighted by atomic mass is 9.88. The minimum absolute atomic E-state index is 0.0205. The van der Waals surface area contributed by atoms with E-state index in [0.717, 1.165) is 0 Å². The molecule has 47 heavy (non-hydrogen) atoms. The summed E-state index contributed by atoms with van der Waals surface area (Å²) in [5.41, 5.74) is -1.79. The van der Waals surface area contributed by atoms with Crippen molar-refractivity contribution in [2.75, 3.05) is 26.2 Å².